The normalized spacial score (nSPS) is 13.8. The molecule has 0 atom stereocenters. The van der Waals surface area contributed by atoms with Crippen LogP contribution in [0, 0.1) is 0 Å². The van der Waals surface area contributed by atoms with Gasteiger partial charge in [-0.25, -0.2) is 8.42 Å². The van der Waals surface area contributed by atoms with Crippen molar-refractivity contribution >= 4 is 21.6 Å². The van der Waals surface area contributed by atoms with Gasteiger partial charge in [0.1, 0.15) is 12.4 Å². The fourth-order valence-corrected chi connectivity index (χ4v) is 3.59. The van der Waals surface area contributed by atoms with Gasteiger partial charge in [0.25, 0.3) is 0 Å². The first-order chi connectivity index (χ1) is 12.9. The van der Waals surface area contributed by atoms with Crippen molar-refractivity contribution in [3.05, 3.63) is 60.2 Å². The van der Waals surface area contributed by atoms with Gasteiger partial charge in [-0.05, 0) is 42.7 Å². The zero-order valence-corrected chi connectivity index (χ0v) is 16.1. The first-order valence-electron chi connectivity index (χ1n) is 8.96. The van der Waals surface area contributed by atoms with Crippen molar-refractivity contribution in [2.45, 2.75) is 31.9 Å². The van der Waals surface area contributed by atoms with Crippen molar-refractivity contribution < 1.29 is 17.9 Å². The molecule has 1 saturated carbocycles. The van der Waals surface area contributed by atoms with E-state index in [4.69, 9.17) is 4.74 Å². The first-order valence-corrected chi connectivity index (χ1v) is 10.8. The Labute approximate surface area is 160 Å². The summed E-state index contributed by atoms with van der Waals surface area (Å²) in [5.74, 6) is 0.538. The molecule has 7 heteroatoms. The van der Waals surface area contributed by atoms with Gasteiger partial charge in [0.15, 0.2) is 0 Å². The first kappa shape index (κ1) is 19.2. The van der Waals surface area contributed by atoms with Gasteiger partial charge >= 0.3 is 0 Å². The highest BCUT2D eigenvalue weighted by Gasteiger charge is 2.24. The van der Waals surface area contributed by atoms with Crippen LogP contribution in [-0.4, -0.2) is 33.2 Å². The third-order valence-corrected chi connectivity index (χ3v) is 5.45. The Balaban J connectivity index is 1.61. The molecule has 2 aromatic rings. The molecule has 0 radical (unpaired) electrons. The van der Waals surface area contributed by atoms with Gasteiger partial charge < -0.3 is 10.1 Å². The molecule has 0 heterocycles. The number of amides is 1. The molecule has 144 valence electrons. The molecule has 0 spiro atoms. The summed E-state index contributed by atoms with van der Waals surface area (Å²) in [6, 6.07) is 16.9. The molecule has 0 saturated heterocycles. The lowest BCUT2D eigenvalue weighted by molar-refractivity contribution is -0.121. The number of nitrogens with zero attached hydrogens (tertiary/aromatic N) is 1. The zero-order valence-electron chi connectivity index (χ0n) is 15.3. The van der Waals surface area contributed by atoms with E-state index in [0.29, 0.717) is 18.0 Å². The van der Waals surface area contributed by atoms with Crippen LogP contribution in [0.2, 0.25) is 0 Å². The van der Waals surface area contributed by atoms with E-state index < -0.39 is 10.0 Å². The highest BCUT2D eigenvalue weighted by Crippen LogP contribution is 2.23. The Morgan fingerprint density at radius 2 is 1.78 bits per heavy atom. The summed E-state index contributed by atoms with van der Waals surface area (Å²) >= 11 is 0. The van der Waals surface area contributed by atoms with E-state index in [1.54, 1.807) is 24.3 Å². The molecule has 27 heavy (non-hydrogen) atoms. The van der Waals surface area contributed by atoms with Crippen LogP contribution in [0.15, 0.2) is 54.6 Å². The van der Waals surface area contributed by atoms with Crippen molar-refractivity contribution in [1.82, 2.24) is 5.32 Å². The molecule has 1 fully saturated rings. The number of hydrogen-bond donors (Lipinski definition) is 1. The van der Waals surface area contributed by atoms with Crippen molar-refractivity contribution in [2.24, 2.45) is 0 Å². The number of ether oxygens (including phenoxy) is 1. The Hall–Kier alpha value is -2.54. The van der Waals surface area contributed by atoms with E-state index in [1.165, 1.54) is 4.31 Å². The van der Waals surface area contributed by atoms with Gasteiger partial charge in [0, 0.05) is 19.0 Å². The smallest absolute Gasteiger partial charge is 0.232 e. The molecule has 1 aliphatic rings. The van der Waals surface area contributed by atoms with Gasteiger partial charge in [-0.2, -0.15) is 0 Å². The number of sulfonamides is 1. The maximum absolute atomic E-state index is 12.1. The zero-order chi connectivity index (χ0) is 19.3. The summed E-state index contributed by atoms with van der Waals surface area (Å²) in [7, 11) is -3.48. The number of carbonyl (C=O) groups excluding carboxylic acids is 1. The van der Waals surface area contributed by atoms with Gasteiger partial charge in [0.2, 0.25) is 15.9 Å². The van der Waals surface area contributed by atoms with Gasteiger partial charge in [-0.15, -0.1) is 0 Å². The lowest BCUT2D eigenvalue weighted by atomic mass is 10.2. The standard InChI is InChI=1S/C20H24N2O4S/c1-27(24,25)22(14-13-20(23)21-17-7-8-17)18-9-11-19(12-10-18)26-15-16-5-3-2-4-6-16/h2-6,9-12,17H,7-8,13-15H2,1H3,(H,21,23). The van der Waals surface area contributed by atoms with Crippen LogP contribution in [0.5, 0.6) is 5.75 Å². The SMILES string of the molecule is CS(=O)(=O)N(CCC(=O)NC1CC1)c1ccc(OCc2ccccc2)cc1. The molecule has 0 unspecified atom stereocenters. The fraction of sp³-hybridized carbons (Fsp3) is 0.350. The van der Waals surface area contributed by atoms with Crippen LogP contribution in [0.1, 0.15) is 24.8 Å². The second-order valence-corrected chi connectivity index (χ2v) is 8.60. The summed E-state index contributed by atoms with van der Waals surface area (Å²) in [6.07, 6.45) is 3.29. The highest BCUT2D eigenvalue weighted by molar-refractivity contribution is 7.92. The average molecular weight is 388 g/mol. The van der Waals surface area contributed by atoms with Crippen molar-refractivity contribution in [3.8, 4) is 5.75 Å². The van der Waals surface area contributed by atoms with E-state index in [2.05, 4.69) is 5.32 Å². The summed E-state index contributed by atoms with van der Waals surface area (Å²) in [6.45, 7) is 0.554. The van der Waals surface area contributed by atoms with Crippen molar-refractivity contribution in [2.75, 3.05) is 17.1 Å². The number of carbonyl (C=O) groups is 1. The molecule has 6 nitrogen and oxygen atoms in total. The summed E-state index contributed by atoms with van der Waals surface area (Å²) < 4.78 is 31.3. The number of hydrogen-bond acceptors (Lipinski definition) is 4. The molecule has 1 N–H and O–H groups in total. The number of rotatable bonds is 9. The van der Waals surface area contributed by atoms with E-state index in [1.807, 2.05) is 30.3 Å². The van der Waals surface area contributed by atoms with Crippen molar-refractivity contribution in [1.29, 1.82) is 0 Å². The third-order valence-electron chi connectivity index (χ3n) is 4.26. The number of nitrogens with one attached hydrogen (secondary N) is 1. The molecule has 0 bridgehead atoms. The second kappa shape index (κ2) is 8.43. The number of anilines is 1. The van der Waals surface area contributed by atoms with Crippen LogP contribution in [0.4, 0.5) is 5.69 Å². The van der Waals surface area contributed by atoms with Crippen LogP contribution in [0.3, 0.4) is 0 Å². The average Bonchev–Trinajstić information content (AvgIpc) is 3.45. The minimum absolute atomic E-state index is 0.113. The topological polar surface area (TPSA) is 75.7 Å². The predicted molar refractivity (Wildman–Crippen MR) is 105 cm³/mol. The Morgan fingerprint density at radius 1 is 1.11 bits per heavy atom. The Bertz CT molecular complexity index is 863. The Morgan fingerprint density at radius 3 is 2.37 bits per heavy atom. The summed E-state index contributed by atoms with van der Waals surface area (Å²) in [5, 5.41) is 2.87. The Kier molecular flexibility index (Phi) is 6.01. The molecule has 0 aliphatic heterocycles. The predicted octanol–water partition coefficient (Wildman–Crippen LogP) is 2.70. The molecular weight excluding hydrogens is 364 g/mol. The maximum atomic E-state index is 12.1. The molecule has 3 rings (SSSR count). The minimum Gasteiger partial charge on any atom is -0.489 e. The second-order valence-electron chi connectivity index (χ2n) is 6.70. The fourth-order valence-electron chi connectivity index (χ4n) is 2.67. The monoisotopic (exact) mass is 388 g/mol. The van der Waals surface area contributed by atoms with Crippen molar-refractivity contribution in [3.63, 3.8) is 0 Å². The lowest BCUT2D eigenvalue weighted by Gasteiger charge is -2.22. The summed E-state index contributed by atoms with van der Waals surface area (Å²) in [5.41, 5.74) is 1.57. The van der Waals surface area contributed by atoms with Crippen LogP contribution in [-0.2, 0) is 21.4 Å². The quantitative estimate of drug-likeness (QED) is 0.717. The lowest BCUT2D eigenvalue weighted by Crippen LogP contribution is -2.35. The van der Waals surface area contributed by atoms with Gasteiger partial charge in [0.05, 0.1) is 11.9 Å². The largest absolute Gasteiger partial charge is 0.489 e. The molecule has 1 amide bonds. The minimum atomic E-state index is -3.48. The highest BCUT2D eigenvalue weighted by atomic mass is 32.2. The van der Waals surface area contributed by atoms with Crippen LogP contribution < -0.4 is 14.4 Å². The summed E-state index contributed by atoms with van der Waals surface area (Å²) in [4.78, 5) is 11.9. The molecule has 2 aromatic carbocycles. The van der Waals surface area contributed by atoms with Gasteiger partial charge in [-0.3, -0.25) is 9.10 Å². The molecule has 0 aromatic heterocycles. The maximum Gasteiger partial charge on any atom is 0.232 e. The molecular formula is C20H24N2O4S. The number of benzene rings is 2. The van der Waals surface area contributed by atoms with E-state index >= 15 is 0 Å². The third kappa shape index (κ3) is 5.99. The van der Waals surface area contributed by atoms with E-state index in [0.717, 1.165) is 24.7 Å². The van der Waals surface area contributed by atoms with Gasteiger partial charge in [-0.1, -0.05) is 30.3 Å². The van der Waals surface area contributed by atoms with E-state index in [9.17, 15) is 13.2 Å². The van der Waals surface area contributed by atoms with E-state index in [-0.39, 0.29) is 24.9 Å². The van der Waals surface area contributed by atoms with Crippen LogP contribution >= 0.6 is 0 Å². The van der Waals surface area contributed by atoms with Crippen LogP contribution in [0.25, 0.3) is 0 Å². The molecule has 1 aliphatic carbocycles.